The Bertz CT molecular complexity index is 1050. The van der Waals surface area contributed by atoms with Crippen molar-refractivity contribution in [3.8, 4) is 0 Å². The number of carbonyl (C=O) groups excluding carboxylic acids is 2. The third kappa shape index (κ3) is 6.20. The molecule has 2 aromatic rings. The van der Waals surface area contributed by atoms with Gasteiger partial charge in [0.2, 0.25) is 5.91 Å². The minimum Gasteiger partial charge on any atom is -0.483 e. The average molecular weight is 503 g/mol. The number of esters is 1. The number of aryl methyl sites for hydroxylation is 1. The molecular formula is C25H34N4O7. The maximum absolute atomic E-state index is 12.9. The molecule has 196 valence electrons. The summed E-state index contributed by atoms with van der Waals surface area (Å²) in [5.41, 5.74) is 2.52. The highest BCUT2D eigenvalue weighted by atomic mass is 16.6. The van der Waals surface area contributed by atoms with E-state index in [2.05, 4.69) is 9.88 Å². The monoisotopic (exact) mass is 502 g/mol. The van der Waals surface area contributed by atoms with Crippen molar-refractivity contribution in [1.29, 1.82) is 0 Å². The van der Waals surface area contributed by atoms with Crippen molar-refractivity contribution in [3.05, 3.63) is 35.8 Å². The summed E-state index contributed by atoms with van der Waals surface area (Å²) in [6.45, 7) is 5.87. The lowest BCUT2D eigenvalue weighted by Gasteiger charge is -2.36. The van der Waals surface area contributed by atoms with Crippen LogP contribution < -0.4 is 0 Å². The second kappa shape index (κ2) is 12.5. The van der Waals surface area contributed by atoms with Gasteiger partial charge in [0.1, 0.15) is 11.8 Å². The molecule has 1 unspecified atom stereocenters. The maximum atomic E-state index is 12.9. The lowest BCUT2D eigenvalue weighted by atomic mass is 9.76. The number of nitrogens with zero attached hydrogens (tertiary/aromatic N) is 4. The number of aromatic nitrogens is 2. The minimum absolute atomic E-state index is 0.0132. The molecule has 0 aliphatic carbocycles. The number of imidazole rings is 1. The van der Waals surface area contributed by atoms with Gasteiger partial charge < -0.3 is 24.3 Å². The number of carbonyl (C=O) groups is 4. The molecular weight excluding hydrogens is 468 g/mol. The summed E-state index contributed by atoms with van der Waals surface area (Å²) < 4.78 is 7.76. The number of pyridine rings is 1. The number of piperidine rings is 1. The van der Waals surface area contributed by atoms with E-state index in [1.165, 1.54) is 12.8 Å². The molecule has 3 saturated heterocycles. The number of carboxylic acid groups (broad SMARTS) is 2. The van der Waals surface area contributed by atoms with Crippen LogP contribution in [0.4, 0.5) is 0 Å². The van der Waals surface area contributed by atoms with E-state index < -0.39 is 0 Å². The fraction of sp³-hybridized carbons (Fsp3) is 0.560. The number of amides is 1. The van der Waals surface area contributed by atoms with Gasteiger partial charge >= 0.3 is 5.97 Å². The Hall–Kier alpha value is -3.47. The third-order valence-corrected chi connectivity index (χ3v) is 7.20. The smallest absolute Gasteiger partial charge is 0.312 e. The molecule has 0 bridgehead atoms. The van der Waals surface area contributed by atoms with Crippen LogP contribution in [-0.4, -0.2) is 93.0 Å². The van der Waals surface area contributed by atoms with E-state index >= 15 is 0 Å². The molecule has 36 heavy (non-hydrogen) atoms. The Morgan fingerprint density at radius 2 is 1.81 bits per heavy atom. The Morgan fingerprint density at radius 3 is 2.44 bits per heavy atom. The lowest BCUT2D eigenvalue weighted by molar-refractivity contribution is -0.152. The standard InChI is InChI=1S/C23H30N4O3.2CH2O2/c1-17-5-4-10-27-18(15-24-21(17)27)13-20(28)26-11-6-23(7-12-26)14-19(30-22(23)29)16-25-8-2-3-9-25;2*2-1-3/h4-5,10,15,19H,2-3,6-9,11-14,16H2,1H3;2*1H,(H,2,3). The summed E-state index contributed by atoms with van der Waals surface area (Å²) in [5, 5.41) is 13.8. The molecule has 1 amide bonds. The van der Waals surface area contributed by atoms with Gasteiger partial charge in [0.15, 0.2) is 0 Å². The molecule has 2 aromatic heterocycles. The topological polar surface area (TPSA) is 142 Å². The van der Waals surface area contributed by atoms with Gasteiger partial charge in [0, 0.05) is 38.4 Å². The van der Waals surface area contributed by atoms with Gasteiger partial charge in [-0.1, -0.05) is 6.07 Å². The van der Waals surface area contributed by atoms with Crippen LogP contribution in [0.2, 0.25) is 0 Å². The van der Waals surface area contributed by atoms with Crippen molar-refractivity contribution in [1.82, 2.24) is 19.2 Å². The van der Waals surface area contributed by atoms with Gasteiger partial charge in [-0.05, 0) is 57.3 Å². The van der Waals surface area contributed by atoms with Crippen molar-refractivity contribution in [2.75, 3.05) is 32.7 Å². The van der Waals surface area contributed by atoms with Crippen LogP contribution in [-0.2, 0) is 30.3 Å². The molecule has 5 heterocycles. The van der Waals surface area contributed by atoms with Gasteiger partial charge in [-0.25, -0.2) is 4.98 Å². The summed E-state index contributed by atoms with van der Waals surface area (Å²) in [5.74, 6) is 0.0594. The number of fused-ring (bicyclic) bond motifs is 1. The van der Waals surface area contributed by atoms with Crippen LogP contribution in [0, 0.1) is 12.3 Å². The van der Waals surface area contributed by atoms with Gasteiger partial charge in [0.25, 0.3) is 12.9 Å². The fourth-order valence-electron chi connectivity index (χ4n) is 5.38. The number of cyclic esters (lactones) is 1. The first-order valence-corrected chi connectivity index (χ1v) is 12.2. The number of rotatable bonds is 4. The first-order valence-electron chi connectivity index (χ1n) is 12.2. The highest BCUT2D eigenvalue weighted by Crippen LogP contribution is 2.43. The number of hydrogen-bond acceptors (Lipinski definition) is 7. The van der Waals surface area contributed by atoms with Crippen LogP contribution in [0.25, 0.3) is 5.65 Å². The third-order valence-electron chi connectivity index (χ3n) is 7.20. The molecule has 3 aliphatic rings. The second-order valence-corrected chi connectivity index (χ2v) is 9.42. The summed E-state index contributed by atoms with van der Waals surface area (Å²) >= 11 is 0. The van der Waals surface area contributed by atoms with Gasteiger partial charge in [-0.2, -0.15) is 0 Å². The van der Waals surface area contributed by atoms with Crippen molar-refractivity contribution >= 4 is 30.5 Å². The molecule has 1 atom stereocenters. The Labute approximate surface area is 209 Å². The van der Waals surface area contributed by atoms with Crippen molar-refractivity contribution < 1.29 is 34.1 Å². The predicted molar refractivity (Wildman–Crippen MR) is 129 cm³/mol. The zero-order valence-electron chi connectivity index (χ0n) is 20.5. The van der Waals surface area contributed by atoms with Crippen LogP contribution >= 0.6 is 0 Å². The molecule has 2 N–H and O–H groups in total. The van der Waals surface area contributed by atoms with E-state index in [9.17, 15) is 9.59 Å². The molecule has 11 heteroatoms. The van der Waals surface area contributed by atoms with Crippen LogP contribution in [0.5, 0.6) is 0 Å². The Balaban J connectivity index is 0.000000550. The van der Waals surface area contributed by atoms with E-state index in [4.69, 9.17) is 24.5 Å². The molecule has 3 aliphatic heterocycles. The fourth-order valence-corrected chi connectivity index (χ4v) is 5.38. The quantitative estimate of drug-likeness (QED) is 0.471. The summed E-state index contributed by atoms with van der Waals surface area (Å²) in [7, 11) is 0. The van der Waals surface area contributed by atoms with Gasteiger partial charge in [-0.3, -0.25) is 24.1 Å². The number of ether oxygens (including phenoxy) is 1. The minimum atomic E-state index is -0.387. The highest BCUT2D eigenvalue weighted by Gasteiger charge is 2.51. The normalized spacial score (nSPS) is 20.8. The first kappa shape index (κ1) is 27.1. The molecule has 5 rings (SSSR count). The predicted octanol–water partition coefficient (Wildman–Crippen LogP) is 1.61. The second-order valence-electron chi connectivity index (χ2n) is 9.42. The summed E-state index contributed by atoms with van der Waals surface area (Å²) in [4.78, 5) is 51.1. The molecule has 3 fully saturated rings. The van der Waals surface area contributed by atoms with E-state index in [1.807, 2.05) is 34.6 Å². The molecule has 0 saturated carbocycles. The lowest BCUT2D eigenvalue weighted by Crippen LogP contribution is -2.45. The van der Waals surface area contributed by atoms with Gasteiger partial charge in [0.05, 0.1) is 17.5 Å². The average Bonchev–Trinajstić information content (AvgIpc) is 3.57. The Kier molecular flexibility index (Phi) is 9.40. The molecule has 1 spiro atoms. The van der Waals surface area contributed by atoms with Gasteiger partial charge in [-0.15, -0.1) is 0 Å². The zero-order valence-corrected chi connectivity index (χ0v) is 20.5. The van der Waals surface area contributed by atoms with Crippen LogP contribution in [0.1, 0.15) is 43.4 Å². The van der Waals surface area contributed by atoms with Crippen molar-refractivity contribution in [3.63, 3.8) is 0 Å². The molecule has 0 aromatic carbocycles. The SMILES string of the molecule is Cc1cccn2c(CC(=O)N3CCC4(CC3)CC(CN3CCCC3)OC4=O)cnc12.O=CO.O=CO. The highest BCUT2D eigenvalue weighted by molar-refractivity contribution is 5.81. The largest absolute Gasteiger partial charge is 0.483 e. The first-order chi connectivity index (χ1) is 17.4. The molecule has 11 nitrogen and oxygen atoms in total. The summed E-state index contributed by atoms with van der Waals surface area (Å²) in [6, 6.07) is 4.00. The summed E-state index contributed by atoms with van der Waals surface area (Å²) in [6.07, 6.45) is 8.81. The van der Waals surface area contributed by atoms with Crippen molar-refractivity contribution in [2.45, 2.75) is 51.6 Å². The van der Waals surface area contributed by atoms with Crippen LogP contribution in [0.3, 0.4) is 0 Å². The van der Waals surface area contributed by atoms with E-state index in [-0.39, 0.29) is 36.3 Å². The number of likely N-dealkylation sites (tertiary alicyclic amines) is 2. The maximum Gasteiger partial charge on any atom is 0.312 e. The van der Waals surface area contributed by atoms with Crippen molar-refractivity contribution in [2.24, 2.45) is 5.41 Å². The zero-order chi connectivity index (χ0) is 26.1. The van der Waals surface area contributed by atoms with Crippen LogP contribution in [0.15, 0.2) is 24.5 Å². The molecule has 0 radical (unpaired) electrons. The van der Waals surface area contributed by atoms with E-state index in [0.717, 1.165) is 43.0 Å². The van der Waals surface area contributed by atoms with E-state index in [0.29, 0.717) is 32.4 Å². The Morgan fingerprint density at radius 1 is 1.17 bits per heavy atom. The number of hydrogen-bond donors (Lipinski definition) is 2. The van der Waals surface area contributed by atoms with E-state index in [1.54, 1.807) is 6.20 Å².